The molecule has 0 spiro atoms. The van der Waals surface area contributed by atoms with Gasteiger partial charge in [0.25, 0.3) is 5.56 Å². The van der Waals surface area contributed by atoms with Crippen molar-refractivity contribution < 1.29 is 4.79 Å². The van der Waals surface area contributed by atoms with Crippen LogP contribution in [0.4, 0.5) is 0 Å². The maximum absolute atomic E-state index is 13.4. The average molecular weight is 454 g/mol. The summed E-state index contributed by atoms with van der Waals surface area (Å²) in [6.45, 7) is 0.704. The molecule has 2 aromatic carbocycles. The van der Waals surface area contributed by atoms with Gasteiger partial charge >= 0.3 is 0 Å². The Bertz CT molecular complexity index is 1560. The number of carbonyl (C=O) groups excluding carboxylic acids is 1. The van der Waals surface area contributed by atoms with Gasteiger partial charge in [0.2, 0.25) is 5.91 Å². The Morgan fingerprint density at radius 2 is 1.59 bits per heavy atom. The molecule has 0 saturated carbocycles. The standard InChI is InChI=1S/C24H22N8O2/c1-29(2)13-20-26-10-11-30(20)17-6-8-18(9-7-17)32-15-28-23-21(24(32)34)31(14-27-23)19-5-3-4-16(12-19)22(25)33/h3-12,14-15H,13H2,1-2H3,(H2,25,33). The molecule has 5 aromatic rings. The molecule has 1 amide bonds. The number of rotatable bonds is 6. The summed E-state index contributed by atoms with van der Waals surface area (Å²) in [6, 6.07) is 14.3. The molecule has 34 heavy (non-hydrogen) atoms. The highest BCUT2D eigenvalue weighted by atomic mass is 16.1. The fourth-order valence-corrected chi connectivity index (χ4v) is 3.84. The normalized spacial score (nSPS) is 11.4. The lowest BCUT2D eigenvalue weighted by Crippen LogP contribution is -2.21. The molecule has 0 aliphatic heterocycles. The van der Waals surface area contributed by atoms with E-state index in [1.54, 1.807) is 35.0 Å². The first-order valence-corrected chi connectivity index (χ1v) is 10.5. The van der Waals surface area contributed by atoms with Gasteiger partial charge in [0.1, 0.15) is 18.5 Å². The fourth-order valence-electron chi connectivity index (χ4n) is 3.84. The van der Waals surface area contributed by atoms with Gasteiger partial charge in [-0.05, 0) is 56.6 Å². The van der Waals surface area contributed by atoms with Crippen LogP contribution in [0, 0.1) is 0 Å². The van der Waals surface area contributed by atoms with E-state index in [0.717, 1.165) is 11.5 Å². The minimum absolute atomic E-state index is 0.282. The number of primary amides is 1. The van der Waals surface area contributed by atoms with Gasteiger partial charge in [-0.2, -0.15) is 0 Å². The van der Waals surface area contributed by atoms with Crippen LogP contribution in [0.1, 0.15) is 16.2 Å². The van der Waals surface area contributed by atoms with E-state index in [1.807, 2.05) is 49.1 Å². The van der Waals surface area contributed by atoms with E-state index in [2.05, 4.69) is 19.9 Å². The van der Waals surface area contributed by atoms with E-state index in [1.165, 1.54) is 17.2 Å². The van der Waals surface area contributed by atoms with Crippen LogP contribution in [-0.2, 0) is 6.54 Å². The summed E-state index contributed by atoms with van der Waals surface area (Å²) in [5, 5.41) is 0. The highest BCUT2D eigenvalue weighted by Gasteiger charge is 2.14. The number of amides is 1. The van der Waals surface area contributed by atoms with Crippen LogP contribution in [0.2, 0.25) is 0 Å². The summed E-state index contributed by atoms with van der Waals surface area (Å²) in [4.78, 5) is 40.1. The Kier molecular flexibility index (Phi) is 5.27. The predicted molar refractivity (Wildman–Crippen MR) is 127 cm³/mol. The minimum Gasteiger partial charge on any atom is -0.366 e. The van der Waals surface area contributed by atoms with Crippen molar-refractivity contribution in [2.45, 2.75) is 6.54 Å². The molecule has 0 atom stereocenters. The molecule has 3 aromatic heterocycles. The molecule has 5 rings (SSSR count). The Balaban J connectivity index is 1.56. The van der Waals surface area contributed by atoms with Gasteiger partial charge in [0.05, 0.1) is 12.2 Å². The molecule has 0 unspecified atom stereocenters. The van der Waals surface area contributed by atoms with Gasteiger partial charge in [-0.25, -0.2) is 15.0 Å². The van der Waals surface area contributed by atoms with Gasteiger partial charge in [0, 0.05) is 29.3 Å². The van der Waals surface area contributed by atoms with Crippen LogP contribution in [0.25, 0.3) is 28.2 Å². The lowest BCUT2D eigenvalue weighted by atomic mass is 10.2. The number of nitrogens with zero attached hydrogens (tertiary/aromatic N) is 7. The van der Waals surface area contributed by atoms with Crippen LogP contribution in [-0.4, -0.2) is 53.6 Å². The van der Waals surface area contributed by atoms with E-state index in [0.29, 0.717) is 34.6 Å². The highest BCUT2D eigenvalue weighted by Crippen LogP contribution is 2.18. The smallest absolute Gasteiger partial charge is 0.284 e. The van der Waals surface area contributed by atoms with E-state index >= 15 is 0 Å². The van der Waals surface area contributed by atoms with Crippen molar-refractivity contribution in [3.8, 4) is 17.1 Å². The van der Waals surface area contributed by atoms with Gasteiger partial charge in [-0.1, -0.05) is 6.07 Å². The molecule has 0 radical (unpaired) electrons. The van der Waals surface area contributed by atoms with Crippen molar-refractivity contribution >= 4 is 17.1 Å². The number of hydrogen-bond acceptors (Lipinski definition) is 6. The maximum Gasteiger partial charge on any atom is 0.284 e. The molecule has 2 N–H and O–H groups in total. The molecule has 170 valence electrons. The van der Waals surface area contributed by atoms with Crippen LogP contribution in [0.3, 0.4) is 0 Å². The largest absolute Gasteiger partial charge is 0.366 e. The fraction of sp³-hybridized carbons (Fsp3) is 0.125. The number of imidazole rings is 2. The van der Waals surface area contributed by atoms with Crippen molar-refractivity contribution in [3.05, 3.63) is 95.3 Å². The number of hydrogen-bond donors (Lipinski definition) is 1. The molecular weight excluding hydrogens is 432 g/mol. The van der Waals surface area contributed by atoms with Gasteiger partial charge in [-0.3, -0.25) is 18.7 Å². The topological polar surface area (TPSA) is 117 Å². The summed E-state index contributed by atoms with van der Waals surface area (Å²) in [7, 11) is 3.99. The Morgan fingerprint density at radius 1 is 0.912 bits per heavy atom. The second-order valence-corrected chi connectivity index (χ2v) is 8.09. The molecular formula is C24H22N8O2. The van der Waals surface area contributed by atoms with Crippen molar-refractivity contribution in [2.24, 2.45) is 5.73 Å². The molecule has 0 saturated heterocycles. The number of fused-ring (bicyclic) bond motifs is 1. The van der Waals surface area contributed by atoms with Crippen LogP contribution < -0.4 is 11.3 Å². The zero-order valence-electron chi connectivity index (χ0n) is 18.7. The lowest BCUT2D eigenvalue weighted by molar-refractivity contribution is 0.1000. The zero-order chi connectivity index (χ0) is 23.8. The monoisotopic (exact) mass is 454 g/mol. The van der Waals surface area contributed by atoms with Crippen LogP contribution in [0.5, 0.6) is 0 Å². The number of aromatic nitrogens is 6. The Labute approximate surface area is 194 Å². The van der Waals surface area contributed by atoms with Crippen molar-refractivity contribution in [2.75, 3.05) is 14.1 Å². The van der Waals surface area contributed by atoms with E-state index in [4.69, 9.17) is 5.73 Å². The first kappa shape index (κ1) is 21.3. The third kappa shape index (κ3) is 3.76. The Morgan fingerprint density at radius 3 is 2.26 bits per heavy atom. The maximum atomic E-state index is 13.4. The van der Waals surface area contributed by atoms with Gasteiger partial charge < -0.3 is 15.2 Å². The average Bonchev–Trinajstić information content (AvgIpc) is 3.47. The van der Waals surface area contributed by atoms with Crippen molar-refractivity contribution in [1.82, 2.24) is 33.6 Å². The highest BCUT2D eigenvalue weighted by molar-refractivity contribution is 5.93. The quantitative estimate of drug-likeness (QED) is 0.419. The minimum atomic E-state index is -0.548. The molecule has 0 bridgehead atoms. The van der Waals surface area contributed by atoms with Gasteiger partial charge in [0.15, 0.2) is 11.2 Å². The van der Waals surface area contributed by atoms with Gasteiger partial charge in [-0.15, -0.1) is 0 Å². The molecule has 0 fully saturated rings. The second-order valence-electron chi connectivity index (χ2n) is 8.09. The van der Waals surface area contributed by atoms with Crippen molar-refractivity contribution in [1.29, 1.82) is 0 Å². The molecule has 0 aliphatic carbocycles. The lowest BCUT2D eigenvalue weighted by Gasteiger charge is -2.13. The first-order valence-electron chi connectivity index (χ1n) is 10.5. The summed E-state index contributed by atoms with van der Waals surface area (Å²) >= 11 is 0. The van der Waals surface area contributed by atoms with Crippen LogP contribution >= 0.6 is 0 Å². The summed E-state index contributed by atoms with van der Waals surface area (Å²) in [6.07, 6.45) is 6.65. The molecule has 10 nitrogen and oxygen atoms in total. The molecule has 10 heteroatoms. The number of benzene rings is 2. The third-order valence-corrected chi connectivity index (χ3v) is 5.45. The number of nitrogens with two attached hydrogens (primary N) is 1. The Hall–Kier alpha value is -4.57. The SMILES string of the molecule is CN(C)Cc1nccn1-c1ccc(-n2cnc3ncn(-c4cccc(C(N)=O)c4)c3c2=O)cc1. The van der Waals surface area contributed by atoms with Crippen LogP contribution in [0.15, 0.2) is 78.4 Å². The van der Waals surface area contributed by atoms with E-state index in [9.17, 15) is 9.59 Å². The summed E-state index contributed by atoms with van der Waals surface area (Å²) < 4.78 is 5.09. The third-order valence-electron chi connectivity index (χ3n) is 5.45. The predicted octanol–water partition coefficient (Wildman–Crippen LogP) is 1.92. The molecule has 0 aliphatic rings. The van der Waals surface area contributed by atoms with Crippen molar-refractivity contribution in [3.63, 3.8) is 0 Å². The second kappa shape index (κ2) is 8.41. The summed E-state index contributed by atoms with van der Waals surface area (Å²) in [5.74, 6) is 0.369. The zero-order valence-corrected chi connectivity index (χ0v) is 18.7. The van der Waals surface area contributed by atoms with E-state index in [-0.39, 0.29) is 5.56 Å². The first-order chi connectivity index (χ1) is 16.4. The van der Waals surface area contributed by atoms with E-state index < -0.39 is 5.91 Å². The molecule has 3 heterocycles. The summed E-state index contributed by atoms with van der Waals surface area (Å²) in [5.41, 5.74) is 8.28. The number of carbonyl (C=O) groups is 1.